The van der Waals surface area contributed by atoms with Gasteiger partial charge in [0.05, 0.1) is 0 Å². The molecule has 0 saturated heterocycles. The van der Waals surface area contributed by atoms with Gasteiger partial charge in [-0.3, -0.25) is 4.90 Å². The smallest absolute Gasteiger partial charge is 0.131 e. The lowest BCUT2D eigenvalue weighted by molar-refractivity contribution is 0.211. The second-order valence-electron chi connectivity index (χ2n) is 4.46. The van der Waals surface area contributed by atoms with E-state index in [1.165, 1.54) is 0 Å². The van der Waals surface area contributed by atoms with Crippen LogP contribution in [0.3, 0.4) is 0 Å². The zero-order valence-corrected chi connectivity index (χ0v) is 10.8. The number of anilines is 1. The summed E-state index contributed by atoms with van der Waals surface area (Å²) < 4.78 is 0. The number of aliphatic hydroxyl groups is 1. The van der Waals surface area contributed by atoms with E-state index in [0.717, 1.165) is 24.9 Å². The van der Waals surface area contributed by atoms with Gasteiger partial charge in [0, 0.05) is 31.0 Å². The minimum Gasteiger partial charge on any atom is -0.396 e. The Morgan fingerprint density at radius 3 is 2.82 bits per heavy atom. The van der Waals surface area contributed by atoms with Crippen LogP contribution < -0.4 is 5.73 Å². The number of hydrogen-bond donors (Lipinski definition) is 2. The molecule has 5 nitrogen and oxygen atoms in total. The number of nitrogen functional groups attached to an aromatic ring is 1. The van der Waals surface area contributed by atoms with E-state index in [0.29, 0.717) is 17.7 Å². The van der Waals surface area contributed by atoms with Crippen LogP contribution in [-0.2, 0) is 6.54 Å². The summed E-state index contributed by atoms with van der Waals surface area (Å²) in [6.07, 6.45) is 3.58. The van der Waals surface area contributed by atoms with Gasteiger partial charge in [0.25, 0.3) is 0 Å². The molecule has 0 saturated carbocycles. The fourth-order valence-electron chi connectivity index (χ4n) is 1.67. The minimum atomic E-state index is 0.244. The van der Waals surface area contributed by atoms with Crippen molar-refractivity contribution in [3.8, 4) is 0 Å². The van der Waals surface area contributed by atoms with Crippen molar-refractivity contribution in [3.63, 3.8) is 0 Å². The van der Waals surface area contributed by atoms with Crippen LogP contribution in [0.4, 0.5) is 5.82 Å². The van der Waals surface area contributed by atoms with E-state index in [4.69, 9.17) is 10.8 Å². The van der Waals surface area contributed by atoms with Crippen molar-refractivity contribution >= 4 is 5.82 Å². The lowest BCUT2D eigenvalue weighted by Gasteiger charge is -2.24. The molecular weight excluding hydrogens is 216 g/mol. The summed E-state index contributed by atoms with van der Waals surface area (Å²) in [6, 6.07) is 0.405. The molecule has 1 atom stereocenters. The first-order chi connectivity index (χ1) is 8.04. The van der Waals surface area contributed by atoms with E-state index in [2.05, 4.69) is 21.8 Å². The van der Waals surface area contributed by atoms with E-state index in [9.17, 15) is 0 Å². The van der Waals surface area contributed by atoms with Crippen molar-refractivity contribution < 1.29 is 5.11 Å². The van der Waals surface area contributed by atoms with E-state index in [1.807, 2.05) is 14.0 Å². The maximum Gasteiger partial charge on any atom is 0.131 e. The third-order valence-corrected chi connectivity index (χ3v) is 2.97. The van der Waals surface area contributed by atoms with Gasteiger partial charge in [-0.2, -0.15) is 0 Å². The Balaban J connectivity index is 2.58. The van der Waals surface area contributed by atoms with Crippen molar-refractivity contribution in [3.05, 3.63) is 17.6 Å². The molecule has 1 unspecified atom stereocenters. The summed E-state index contributed by atoms with van der Waals surface area (Å²) in [6.45, 7) is 4.95. The van der Waals surface area contributed by atoms with E-state index < -0.39 is 0 Å². The van der Waals surface area contributed by atoms with Crippen LogP contribution in [0.25, 0.3) is 0 Å². The SMILES string of the molecule is Cc1ncc(CN(C)C(C)CCCO)c(N)n1. The molecule has 0 bridgehead atoms. The second-order valence-corrected chi connectivity index (χ2v) is 4.46. The second kappa shape index (κ2) is 6.51. The molecule has 0 fully saturated rings. The molecule has 96 valence electrons. The molecule has 0 aliphatic carbocycles. The Kier molecular flexibility index (Phi) is 5.31. The molecule has 17 heavy (non-hydrogen) atoms. The number of aryl methyl sites for hydroxylation is 1. The van der Waals surface area contributed by atoms with Gasteiger partial charge in [0.1, 0.15) is 11.6 Å². The number of hydrogen-bond acceptors (Lipinski definition) is 5. The Labute approximate surface area is 103 Å². The number of aliphatic hydroxyl groups excluding tert-OH is 1. The van der Waals surface area contributed by atoms with Gasteiger partial charge < -0.3 is 10.8 Å². The van der Waals surface area contributed by atoms with Crippen LogP contribution in [0.15, 0.2) is 6.20 Å². The summed E-state index contributed by atoms with van der Waals surface area (Å²) >= 11 is 0. The summed E-state index contributed by atoms with van der Waals surface area (Å²) in [5.41, 5.74) is 6.80. The predicted molar refractivity (Wildman–Crippen MR) is 68.4 cm³/mol. The largest absolute Gasteiger partial charge is 0.396 e. The summed E-state index contributed by atoms with van der Waals surface area (Å²) in [7, 11) is 2.04. The van der Waals surface area contributed by atoms with E-state index in [1.54, 1.807) is 6.20 Å². The van der Waals surface area contributed by atoms with Gasteiger partial charge in [-0.05, 0) is 33.7 Å². The van der Waals surface area contributed by atoms with Crippen LogP contribution in [0, 0.1) is 6.92 Å². The first kappa shape index (κ1) is 13.9. The Morgan fingerprint density at radius 1 is 1.53 bits per heavy atom. The molecule has 0 amide bonds. The highest BCUT2D eigenvalue weighted by Gasteiger charge is 2.11. The quantitative estimate of drug-likeness (QED) is 0.772. The first-order valence-corrected chi connectivity index (χ1v) is 5.93. The monoisotopic (exact) mass is 238 g/mol. The maximum absolute atomic E-state index is 8.80. The number of aromatic nitrogens is 2. The first-order valence-electron chi connectivity index (χ1n) is 5.93. The predicted octanol–water partition coefficient (Wildman–Crippen LogP) is 0.960. The van der Waals surface area contributed by atoms with Crippen molar-refractivity contribution in [1.82, 2.24) is 14.9 Å². The molecule has 1 rings (SSSR count). The van der Waals surface area contributed by atoms with Gasteiger partial charge in [0.15, 0.2) is 0 Å². The van der Waals surface area contributed by atoms with Crippen LogP contribution in [0.2, 0.25) is 0 Å². The fraction of sp³-hybridized carbons (Fsp3) is 0.667. The lowest BCUT2D eigenvalue weighted by atomic mass is 10.1. The van der Waals surface area contributed by atoms with Crippen LogP contribution in [0.1, 0.15) is 31.2 Å². The van der Waals surface area contributed by atoms with Gasteiger partial charge >= 0.3 is 0 Å². The topological polar surface area (TPSA) is 75.3 Å². The summed E-state index contributed by atoms with van der Waals surface area (Å²) in [5, 5.41) is 8.80. The minimum absolute atomic E-state index is 0.244. The standard InChI is InChI=1S/C12H22N4O/c1-9(5-4-6-17)16(3)8-11-7-14-10(2)15-12(11)13/h7,9,17H,4-6,8H2,1-3H3,(H2,13,14,15). The normalized spacial score (nSPS) is 13.0. The fourth-order valence-corrected chi connectivity index (χ4v) is 1.67. The molecule has 0 aliphatic heterocycles. The van der Waals surface area contributed by atoms with Crippen LogP contribution >= 0.6 is 0 Å². The van der Waals surface area contributed by atoms with E-state index >= 15 is 0 Å². The van der Waals surface area contributed by atoms with Crippen molar-refractivity contribution in [2.45, 2.75) is 39.3 Å². The Bertz CT molecular complexity index is 356. The number of rotatable bonds is 6. The lowest BCUT2D eigenvalue weighted by Crippen LogP contribution is -2.29. The molecular formula is C12H22N4O. The third-order valence-electron chi connectivity index (χ3n) is 2.97. The zero-order chi connectivity index (χ0) is 12.8. The summed E-state index contributed by atoms with van der Waals surface area (Å²) in [5.74, 6) is 1.25. The molecule has 0 aromatic carbocycles. The highest BCUT2D eigenvalue weighted by Crippen LogP contribution is 2.13. The average molecular weight is 238 g/mol. The van der Waals surface area contributed by atoms with Crippen LogP contribution in [-0.4, -0.2) is 39.7 Å². The van der Waals surface area contributed by atoms with Crippen molar-refractivity contribution in [2.75, 3.05) is 19.4 Å². The molecule has 0 aliphatic rings. The van der Waals surface area contributed by atoms with Gasteiger partial charge in [0.2, 0.25) is 0 Å². The van der Waals surface area contributed by atoms with Crippen LogP contribution in [0.5, 0.6) is 0 Å². The highest BCUT2D eigenvalue weighted by molar-refractivity contribution is 5.37. The molecule has 1 aromatic rings. The highest BCUT2D eigenvalue weighted by atomic mass is 16.2. The van der Waals surface area contributed by atoms with Gasteiger partial charge in [-0.1, -0.05) is 0 Å². The Hall–Kier alpha value is -1.20. The van der Waals surface area contributed by atoms with Crippen molar-refractivity contribution in [1.29, 1.82) is 0 Å². The molecule has 3 N–H and O–H groups in total. The number of nitrogens with two attached hydrogens (primary N) is 1. The summed E-state index contributed by atoms with van der Waals surface area (Å²) in [4.78, 5) is 10.5. The Morgan fingerprint density at radius 2 is 2.24 bits per heavy atom. The molecule has 1 aromatic heterocycles. The molecule has 0 spiro atoms. The van der Waals surface area contributed by atoms with Gasteiger partial charge in [-0.15, -0.1) is 0 Å². The third kappa shape index (κ3) is 4.28. The number of nitrogens with zero attached hydrogens (tertiary/aromatic N) is 3. The van der Waals surface area contributed by atoms with Crippen molar-refractivity contribution in [2.24, 2.45) is 0 Å². The van der Waals surface area contributed by atoms with Gasteiger partial charge in [-0.25, -0.2) is 9.97 Å². The average Bonchev–Trinajstić information content (AvgIpc) is 2.29. The zero-order valence-electron chi connectivity index (χ0n) is 10.8. The molecule has 1 heterocycles. The molecule has 5 heteroatoms. The molecule has 0 radical (unpaired) electrons. The maximum atomic E-state index is 8.80. The van der Waals surface area contributed by atoms with E-state index in [-0.39, 0.29) is 6.61 Å².